The summed E-state index contributed by atoms with van der Waals surface area (Å²) in [6.07, 6.45) is -4.33. The number of morpholine rings is 1. The van der Waals surface area contributed by atoms with Crippen molar-refractivity contribution in [2.24, 2.45) is 4.99 Å². The third-order valence-electron chi connectivity index (χ3n) is 5.00. The predicted molar refractivity (Wildman–Crippen MR) is 124 cm³/mol. The second-order valence-electron chi connectivity index (χ2n) is 7.11. The fourth-order valence-electron chi connectivity index (χ4n) is 3.34. The molecule has 0 bridgehead atoms. The average Bonchev–Trinajstić information content (AvgIpc) is 3.17. The van der Waals surface area contributed by atoms with Crippen LogP contribution in [0.3, 0.4) is 0 Å². The van der Waals surface area contributed by atoms with E-state index in [1.807, 2.05) is 19.1 Å². The van der Waals surface area contributed by atoms with E-state index in [9.17, 15) is 13.2 Å². The largest absolute Gasteiger partial charge is 0.465 e. The molecule has 1 aliphatic rings. The van der Waals surface area contributed by atoms with Crippen molar-refractivity contribution in [1.82, 2.24) is 15.5 Å². The third-order valence-corrected chi connectivity index (χ3v) is 5.00. The van der Waals surface area contributed by atoms with Crippen molar-refractivity contribution in [2.75, 3.05) is 39.9 Å². The smallest absolute Gasteiger partial charge is 0.416 e. The van der Waals surface area contributed by atoms with Gasteiger partial charge in [0.15, 0.2) is 5.96 Å². The van der Waals surface area contributed by atoms with Crippen LogP contribution in [0.4, 0.5) is 13.2 Å². The van der Waals surface area contributed by atoms with Crippen LogP contribution in [0, 0.1) is 6.92 Å². The van der Waals surface area contributed by atoms with Crippen molar-refractivity contribution in [2.45, 2.75) is 25.7 Å². The molecule has 1 fully saturated rings. The molecule has 0 aliphatic carbocycles. The van der Waals surface area contributed by atoms with Gasteiger partial charge in [-0.3, -0.25) is 9.89 Å². The molecule has 0 saturated carbocycles. The standard InChI is InChI=1S/C21H27F3N4O2.HI/c1-15-3-8-19(30-15)18(28-9-11-29-12-10-28)14-27-20(25-2)26-13-16-4-6-17(7-5-16)21(22,23)24;/h3-8,18H,9-14H2,1-2H3,(H2,25,26,27);1H. The number of ether oxygens (including phenoxy) is 1. The van der Waals surface area contributed by atoms with Crippen molar-refractivity contribution in [3.63, 3.8) is 0 Å². The number of halogens is 4. The fraction of sp³-hybridized carbons (Fsp3) is 0.476. The molecule has 1 aromatic heterocycles. The summed E-state index contributed by atoms with van der Waals surface area (Å²) in [6, 6.07) is 9.04. The van der Waals surface area contributed by atoms with Gasteiger partial charge >= 0.3 is 6.18 Å². The van der Waals surface area contributed by atoms with Crippen LogP contribution in [0.25, 0.3) is 0 Å². The number of aryl methyl sites for hydroxylation is 1. The van der Waals surface area contributed by atoms with Crippen LogP contribution in [0.2, 0.25) is 0 Å². The second-order valence-corrected chi connectivity index (χ2v) is 7.11. The molecule has 2 N–H and O–H groups in total. The molecule has 172 valence electrons. The van der Waals surface area contributed by atoms with Gasteiger partial charge in [0.1, 0.15) is 11.5 Å². The van der Waals surface area contributed by atoms with E-state index in [4.69, 9.17) is 9.15 Å². The lowest BCUT2D eigenvalue weighted by Gasteiger charge is -2.33. The van der Waals surface area contributed by atoms with Crippen molar-refractivity contribution in [1.29, 1.82) is 0 Å². The van der Waals surface area contributed by atoms with Gasteiger partial charge in [-0.1, -0.05) is 12.1 Å². The number of alkyl halides is 3. The number of guanidine groups is 1. The number of benzene rings is 1. The number of aliphatic imine (C=N–C) groups is 1. The molecule has 1 atom stereocenters. The van der Waals surface area contributed by atoms with E-state index in [-0.39, 0.29) is 30.0 Å². The van der Waals surface area contributed by atoms with Gasteiger partial charge in [0.25, 0.3) is 0 Å². The van der Waals surface area contributed by atoms with E-state index in [0.29, 0.717) is 32.3 Å². The molecule has 6 nitrogen and oxygen atoms in total. The summed E-state index contributed by atoms with van der Waals surface area (Å²) < 4.78 is 49.4. The minimum absolute atomic E-state index is 0. The van der Waals surface area contributed by atoms with Crippen LogP contribution in [0.1, 0.15) is 28.7 Å². The molecular formula is C21H28F3IN4O2. The first-order valence-electron chi connectivity index (χ1n) is 9.85. The SMILES string of the molecule is CN=C(NCc1ccc(C(F)(F)F)cc1)NCC(c1ccc(C)o1)N1CCOCC1.I. The van der Waals surface area contributed by atoms with Crippen molar-refractivity contribution in [3.05, 3.63) is 59.0 Å². The van der Waals surface area contributed by atoms with E-state index < -0.39 is 11.7 Å². The Balaban J connectivity index is 0.00000341. The second kappa shape index (κ2) is 11.7. The molecule has 1 saturated heterocycles. The number of nitrogens with one attached hydrogen (secondary N) is 2. The average molecular weight is 552 g/mol. The summed E-state index contributed by atoms with van der Waals surface area (Å²) in [6.45, 7) is 5.82. The Kier molecular flexibility index (Phi) is 9.63. The lowest BCUT2D eigenvalue weighted by atomic mass is 10.1. The molecule has 1 aromatic carbocycles. The Hall–Kier alpha value is -1.79. The molecule has 2 heterocycles. The quantitative estimate of drug-likeness (QED) is 0.323. The number of furan rings is 1. The summed E-state index contributed by atoms with van der Waals surface area (Å²) in [7, 11) is 1.66. The highest BCUT2D eigenvalue weighted by molar-refractivity contribution is 14.0. The minimum Gasteiger partial charge on any atom is -0.465 e. The van der Waals surface area contributed by atoms with Crippen LogP contribution in [-0.4, -0.2) is 50.8 Å². The van der Waals surface area contributed by atoms with Crippen molar-refractivity contribution < 1.29 is 22.3 Å². The lowest BCUT2D eigenvalue weighted by Crippen LogP contribution is -2.46. The highest BCUT2D eigenvalue weighted by Crippen LogP contribution is 2.29. The zero-order chi connectivity index (χ0) is 21.6. The Bertz CT molecular complexity index is 834. The monoisotopic (exact) mass is 552 g/mol. The van der Waals surface area contributed by atoms with E-state index >= 15 is 0 Å². The van der Waals surface area contributed by atoms with E-state index in [1.54, 1.807) is 7.05 Å². The van der Waals surface area contributed by atoms with Gasteiger partial charge < -0.3 is 19.8 Å². The van der Waals surface area contributed by atoms with Gasteiger partial charge in [-0.15, -0.1) is 24.0 Å². The molecule has 0 radical (unpaired) electrons. The molecule has 0 amide bonds. The maximum absolute atomic E-state index is 12.7. The Labute approximate surface area is 197 Å². The molecular weight excluding hydrogens is 524 g/mol. The maximum Gasteiger partial charge on any atom is 0.416 e. The van der Waals surface area contributed by atoms with Crippen LogP contribution < -0.4 is 10.6 Å². The molecule has 1 aliphatic heterocycles. The normalized spacial score (nSPS) is 16.5. The van der Waals surface area contributed by atoms with Crippen molar-refractivity contribution >= 4 is 29.9 Å². The Morgan fingerprint density at radius 3 is 2.32 bits per heavy atom. The molecule has 3 rings (SSSR count). The summed E-state index contributed by atoms with van der Waals surface area (Å²) >= 11 is 0. The number of hydrogen-bond acceptors (Lipinski definition) is 4. The number of hydrogen-bond donors (Lipinski definition) is 2. The van der Waals surface area contributed by atoms with Gasteiger partial charge in [-0.25, -0.2) is 0 Å². The molecule has 1 unspecified atom stereocenters. The van der Waals surface area contributed by atoms with Gasteiger partial charge in [0.05, 0.1) is 24.8 Å². The summed E-state index contributed by atoms with van der Waals surface area (Å²) in [5.41, 5.74) is 0.0770. The molecule has 31 heavy (non-hydrogen) atoms. The highest BCUT2D eigenvalue weighted by Gasteiger charge is 2.30. The van der Waals surface area contributed by atoms with Crippen LogP contribution in [-0.2, 0) is 17.5 Å². The Morgan fingerprint density at radius 2 is 1.77 bits per heavy atom. The van der Waals surface area contributed by atoms with Crippen LogP contribution in [0.5, 0.6) is 0 Å². The summed E-state index contributed by atoms with van der Waals surface area (Å²) in [5.74, 6) is 2.30. The minimum atomic E-state index is -4.33. The lowest BCUT2D eigenvalue weighted by molar-refractivity contribution is -0.137. The number of rotatable bonds is 6. The zero-order valence-corrected chi connectivity index (χ0v) is 19.9. The number of nitrogens with zero attached hydrogens (tertiary/aromatic N) is 2. The first-order valence-corrected chi connectivity index (χ1v) is 9.85. The summed E-state index contributed by atoms with van der Waals surface area (Å²) in [5, 5.41) is 6.44. The molecule has 0 spiro atoms. The van der Waals surface area contributed by atoms with Crippen molar-refractivity contribution in [3.8, 4) is 0 Å². The zero-order valence-electron chi connectivity index (χ0n) is 17.5. The molecule has 10 heteroatoms. The van der Waals surface area contributed by atoms with E-state index in [2.05, 4.69) is 20.5 Å². The van der Waals surface area contributed by atoms with Gasteiger partial charge in [-0.05, 0) is 36.8 Å². The predicted octanol–water partition coefficient (Wildman–Crippen LogP) is 3.96. The highest BCUT2D eigenvalue weighted by atomic mass is 127. The van der Waals surface area contributed by atoms with Crippen LogP contribution >= 0.6 is 24.0 Å². The van der Waals surface area contributed by atoms with Gasteiger partial charge in [-0.2, -0.15) is 13.2 Å². The van der Waals surface area contributed by atoms with Gasteiger partial charge in [0.2, 0.25) is 0 Å². The fourth-order valence-corrected chi connectivity index (χ4v) is 3.34. The molecule has 2 aromatic rings. The van der Waals surface area contributed by atoms with Crippen LogP contribution in [0.15, 0.2) is 45.8 Å². The first kappa shape index (κ1) is 25.5. The maximum atomic E-state index is 12.7. The third kappa shape index (κ3) is 7.39. The first-order chi connectivity index (χ1) is 14.4. The van der Waals surface area contributed by atoms with E-state index in [1.165, 1.54) is 12.1 Å². The van der Waals surface area contributed by atoms with Gasteiger partial charge in [0, 0.05) is 33.2 Å². The summed E-state index contributed by atoms with van der Waals surface area (Å²) in [4.78, 5) is 6.52. The van der Waals surface area contributed by atoms with E-state index in [0.717, 1.165) is 42.3 Å². The topological polar surface area (TPSA) is 62.0 Å². The Morgan fingerprint density at radius 1 is 1.10 bits per heavy atom.